The number of nitrogens with one attached hydrogen (secondary N) is 3. The zero-order valence-electron chi connectivity index (χ0n) is 16.1. The highest BCUT2D eigenvalue weighted by Gasteiger charge is 2.43. The summed E-state index contributed by atoms with van der Waals surface area (Å²) in [6, 6.07) is 14.2. The van der Waals surface area contributed by atoms with Gasteiger partial charge >= 0.3 is 0 Å². The van der Waals surface area contributed by atoms with Gasteiger partial charge in [-0.1, -0.05) is 0 Å². The molecule has 28 heavy (non-hydrogen) atoms. The first-order chi connectivity index (χ1) is 13.5. The number of rotatable bonds is 7. The van der Waals surface area contributed by atoms with Gasteiger partial charge in [0.05, 0.1) is 19.6 Å². The smallest absolute Gasteiger partial charge is 0.232 e. The maximum atomic E-state index is 13.0. The summed E-state index contributed by atoms with van der Waals surface area (Å²) in [7, 11) is 3.18. The van der Waals surface area contributed by atoms with Crippen molar-refractivity contribution in [1.82, 2.24) is 5.32 Å². The quantitative estimate of drug-likeness (QED) is 0.684. The SMILES string of the molecule is COc1ccc(NC(=O)CC2(C(=O)Nc3ccc(OC)cc3)CCNC2)cc1. The summed E-state index contributed by atoms with van der Waals surface area (Å²) in [5, 5.41) is 8.99. The van der Waals surface area contributed by atoms with E-state index in [0.29, 0.717) is 42.4 Å². The lowest BCUT2D eigenvalue weighted by atomic mass is 9.82. The number of benzene rings is 2. The van der Waals surface area contributed by atoms with Gasteiger partial charge in [-0.05, 0) is 61.5 Å². The second-order valence-corrected chi connectivity index (χ2v) is 6.84. The molecule has 0 bridgehead atoms. The summed E-state index contributed by atoms with van der Waals surface area (Å²) in [5.74, 6) is 1.08. The van der Waals surface area contributed by atoms with Gasteiger partial charge in [-0.25, -0.2) is 0 Å². The van der Waals surface area contributed by atoms with E-state index in [2.05, 4.69) is 16.0 Å². The van der Waals surface area contributed by atoms with Crippen LogP contribution < -0.4 is 25.4 Å². The Morgan fingerprint density at radius 3 is 1.93 bits per heavy atom. The molecule has 0 spiro atoms. The fraction of sp³-hybridized carbons (Fsp3) is 0.333. The Hall–Kier alpha value is -3.06. The van der Waals surface area contributed by atoms with Crippen LogP contribution in [0, 0.1) is 5.41 Å². The summed E-state index contributed by atoms with van der Waals surface area (Å²) in [4.78, 5) is 25.6. The minimum Gasteiger partial charge on any atom is -0.497 e. The van der Waals surface area contributed by atoms with Crippen LogP contribution in [-0.4, -0.2) is 39.1 Å². The van der Waals surface area contributed by atoms with Crippen molar-refractivity contribution in [2.45, 2.75) is 12.8 Å². The molecular formula is C21H25N3O4. The molecular weight excluding hydrogens is 358 g/mol. The summed E-state index contributed by atoms with van der Waals surface area (Å²) in [6.45, 7) is 1.16. The van der Waals surface area contributed by atoms with E-state index in [1.165, 1.54) is 0 Å². The topological polar surface area (TPSA) is 88.7 Å². The molecule has 2 aromatic rings. The first-order valence-electron chi connectivity index (χ1n) is 9.15. The Morgan fingerprint density at radius 1 is 0.929 bits per heavy atom. The van der Waals surface area contributed by atoms with Gasteiger partial charge in [0, 0.05) is 24.3 Å². The molecule has 1 saturated heterocycles. The van der Waals surface area contributed by atoms with Crippen LogP contribution in [-0.2, 0) is 9.59 Å². The number of hydrogen-bond donors (Lipinski definition) is 3. The predicted octanol–water partition coefficient (Wildman–Crippen LogP) is 2.65. The Kier molecular flexibility index (Phi) is 6.16. The Labute approximate surface area is 164 Å². The van der Waals surface area contributed by atoms with Crippen LogP contribution in [0.25, 0.3) is 0 Å². The normalized spacial score (nSPS) is 18.4. The van der Waals surface area contributed by atoms with E-state index in [-0.39, 0.29) is 18.2 Å². The molecule has 3 rings (SSSR count). The molecule has 0 aliphatic carbocycles. The van der Waals surface area contributed by atoms with E-state index in [1.54, 1.807) is 62.8 Å². The molecule has 7 nitrogen and oxygen atoms in total. The van der Waals surface area contributed by atoms with Crippen molar-refractivity contribution in [3.05, 3.63) is 48.5 Å². The number of carbonyl (C=O) groups excluding carboxylic acids is 2. The molecule has 1 unspecified atom stereocenters. The Morgan fingerprint density at radius 2 is 1.46 bits per heavy atom. The van der Waals surface area contributed by atoms with Crippen LogP contribution in [0.15, 0.2) is 48.5 Å². The maximum absolute atomic E-state index is 13.0. The van der Waals surface area contributed by atoms with E-state index in [4.69, 9.17) is 9.47 Å². The Balaban J connectivity index is 1.66. The number of carbonyl (C=O) groups is 2. The molecule has 0 saturated carbocycles. The van der Waals surface area contributed by atoms with Crippen molar-refractivity contribution in [3.63, 3.8) is 0 Å². The van der Waals surface area contributed by atoms with Gasteiger partial charge < -0.3 is 25.4 Å². The lowest BCUT2D eigenvalue weighted by Gasteiger charge is -2.26. The first kappa shape index (κ1) is 19.7. The summed E-state index contributed by atoms with van der Waals surface area (Å²) in [6.07, 6.45) is 0.707. The monoisotopic (exact) mass is 383 g/mol. The van der Waals surface area contributed by atoms with Gasteiger partial charge in [-0.2, -0.15) is 0 Å². The molecule has 1 aliphatic rings. The summed E-state index contributed by atoms with van der Waals surface area (Å²) >= 11 is 0. The molecule has 2 aromatic carbocycles. The van der Waals surface area contributed by atoms with Crippen molar-refractivity contribution in [2.24, 2.45) is 5.41 Å². The van der Waals surface area contributed by atoms with Gasteiger partial charge in [0.1, 0.15) is 11.5 Å². The van der Waals surface area contributed by atoms with Crippen molar-refractivity contribution >= 4 is 23.2 Å². The van der Waals surface area contributed by atoms with Gasteiger partial charge in [0.15, 0.2) is 0 Å². The van der Waals surface area contributed by atoms with Crippen LogP contribution in [0.4, 0.5) is 11.4 Å². The molecule has 7 heteroatoms. The van der Waals surface area contributed by atoms with Crippen LogP contribution in [0.3, 0.4) is 0 Å². The minimum absolute atomic E-state index is 0.105. The first-order valence-corrected chi connectivity index (χ1v) is 9.15. The standard InChI is InChI=1S/C21H25N3O4/c1-27-17-7-3-15(4-8-17)23-19(25)13-21(11-12-22-14-21)20(26)24-16-5-9-18(28-2)10-6-16/h3-10,22H,11-14H2,1-2H3,(H,23,25)(H,24,26). The fourth-order valence-corrected chi connectivity index (χ4v) is 3.29. The molecule has 3 N–H and O–H groups in total. The van der Waals surface area contributed by atoms with Crippen molar-refractivity contribution < 1.29 is 19.1 Å². The van der Waals surface area contributed by atoms with Crippen LogP contribution in [0.2, 0.25) is 0 Å². The lowest BCUT2D eigenvalue weighted by Crippen LogP contribution is -2.41. The highest BCUT2D eigenvalue weighted by molar-refractivity contribution is 6.01. The number of anilines is 2. The number of ether oxygens (including phenoxy) is 2. The molecule has 1 heterocycles. The van der Waals surface area contributed by atoms with Gasteiger partial charge in [0.2, 0.25) is 11.8 Å². The average molecular weight is 383 g/mol. The third-order valence-corrected chi connectivity index (χ3v) is 4.95. The maximum Gasteiger partial charge on any atom is 0.232 e. The average Bonchev–Trinajstić information content (AvgIpc) is 3.18. The molecule has 1 aliphatic heterocycles. The second-order valence-electron chi connectivity index (χ2n) is 6.84. The highest BCUT2D eigenvalue weighted by Crippen LogP contribution is 2.32. The van der Waals surface area contributed by atoms with E-state index >= 15 is 0 Å². The van der Waals surface area contributed by atoms with E-state index in [9.17, 15) is 9.59 Å². The van der Waals surface area contributed by atoms with Gasteiger partial charge in [0.25, 0.3) is 0 Å². The van der Waals surface area contributed by atoms with E-state index in [0.717, 1.165) is 0 Å². The molecule has 148 valence electrons. The number of methoxy groups -OCH3 is 2. The number of amides is 2. The van der Waals surface area contributed by atoms with Gasteiger partial charge in [-0.15, -0.1) is 0 Å². The van der Waals surface area contributed by atoms with Crippen LogP contribution >= 0.6 is 0 Å². The molecule has 2 amide bonds. The van der Waals surface area contributed by atoms with Crippen molar-refractivity contribution in [1.29, 1.82) is 0 Å². The van der Waals surface area contributed by atoms with E-state index in [1.807, 2.05) is 0 Å². The van der Waals surface area contributed by atoms with Crippen molar-refractivity contribution in [2.75, 3.05) is 37.9 Å². The molecule has 0 aromatic heterocycles. The third-order valence-electron chi connectivity index (χ3n) is 4.95. The predicted molar refractivity (Wildman–Crippen MR) is 108 cm³/mol. The lowest BCUT2D eigenvalue weighted by molar-refractivity contribution is -0.129. The zero-order chi connectivity index (χ0) is 20.0. The second kappa shape index (κ2) is 8.75. The van der Waals surface area contributed by atoms with Gasteiger partial charge in [-0.3, -0.25) is 9.59 Å². The molecule has 0 radical (unpaired) electrons. The third kappa shape index (κ3) is 4.61. The van der Waals surface area contributed by atoms with E-state index < -0.39 is 5.41 Å². The van der Waals surface area contributed by atoms with Crippen LogP contribution in [0.1, 0.15) is 12.8 Å². The summed E-state index contributed by atoms with van der Waals surface area (Å²) in [5.41, 5.74) is 0.561. The number of hydrogen-bond acceptors (Lipinski definition) is 5. The molecule has 1 atom stereocenters. The largest absolute Gasteiger partial charge is 0.497 e. The Bertz CT molecular complexity index is 813. The minimum atomic E-state index is -0.781. The zero-order valence-corrected chi connectivity index (χ0v) is 16.1. The fourth-order valence-electron chi connectivity index (χ4n) is 3.29. The highest BCUT2D eigenvalue weighted by atomic mass is 16.5. The molecule has 1 fully saturated rings. The summed E-state index contributed by atoms with van der Waals surface area (Å²) < 4.78 is 10.3. The van der Waals surface area contributed by atoms with Crippen LogP contribution in [0.5, 0.6) is 11.5 Å². The van der Waals surface area contributed by atoms with Crippen molar-refractivity contribution in [3.8, 4) is 11.5 Å².